The zero-order valence-corrected chi connectivity index (χ0v) is 14.1. The van der Waals surface area contributed by atoms with Crippen LogP contribution in [0.1, 0.15) is 24.7 Å². The third-order valence-corrected chi connectivity index (χ3v) is 4.10. The number of aromatic nitrogens is 2. The lowest BCUT2D eigenvalue weighted by molar-refractivity contribution is -0.129. The SMILES string of the molecule is CCc1ncc(NC(=O)N[C@@H]2CCN(Cc3ccccc3)C2=O)cn1. The van der Waals surface area contributed by atoms with Gasteiger partial charge in [-0.15, -0.1) is 0 Å². The number of hydrogen-bond acceptors (Lipinski definition) is 4. The quantitative estimate of drug-likeness (QED) is 0.872. The number of nitrogens with one attached hydrogen (secondary N) is 2. The highest BCUT2D eigenvalue weighted by Gasteiger charge is 2.32. The second-order valence-electron chi connectivity index (χ2n) is 5.93. The van der Waals surface area contributed by atoms with E-state index in [1.54, 1.807) is 17.3 Å². The molecule has 1 aliphatic heterocycles. The molecule has 2 heterocycles. The van der Waals surface area contributed by atoms with Crippen LogP contribution in [0.2, 0.25) is 0 Å². The molecule has 2 N–H and O–H groups in total. The highest BCUT2D eigenvalue weighted by molar-refractivity contribution is 5.94. The summed E-state index contributed by atoms with van der Waals surface area (Å²) in [5.41, 5.74) is 1.58. The molecule has 0 spiro atoms. The first-order chi connectivity index (χ1) is 12.2. The Bertz CT molecular complexity index is 733. The van der Waals surface area contributed by atoms with Crippen LogP contribution < -0.4 is 10.6 Å². The van der Waals surface area contributed by atoms with Crippen molar-refractivity contribution in [3.8, 4) is 0 Å². The summed E-state index contributed by atoms with van der Waals surface area (Å²) in [5.74, 6) is 0.657. The Kier molecular flexibility index (Phi) is 5.23. The fourth-order valence-corrected chi connectivity index (χ4v) is 2.76. The first-order valence-electron chi connectivity index (χ1n) is 8.37. The second kappa shape index (κ2) is 7.74. The van der Waals surface area contributed by atoms with Crippen LogP contribution in [0.5, 0.6) is 0 Å². The predicted octanol–water partition coefficient (Wildman–Crippen LogP) is 1.96. The van der Waals surface area contributed by atoms with Crippen LogP contribution in [0.25, 0.3) is 0 Å². The molecule has 130 valence electrons. The number of anilines is 1. The fourth-order valence-electron chi connectivity index (χ4n) is 2.76. The number of likely N-dealkylation sites (tertiary alicyclic amines) is 1. The standard InChI is InChI=1S/C18H21N5O2/c1-2-16-19-10-14(11-20-16)21-18(25)22-15-8-9-23(17(15)24)12-13-6-4-3-5-7-13/h3-7,10-11,15H,2,8-9,12H2,1H3,(H2,21,22,25)/t15-/m1/s1. The van der Waals surface area contributed by atoms with E-state index in [0.717, 1.165) is 12.0 Å². The van der Waals surface area contributed by atoms with Gasteiger partial charge < -0.3 is 15.5 Å². The van der Waals surface area contributed by atoms with E-state index in [4.69, 9.17) is 0 Å². The van der Waals surface area contributed by atoms with Crippen molar-refractivity contribution in [3.05, 3.63) is 54.1 Å². The van der Waals surface area contributed by atoms with E-state index in [0.29, 0.717) is 31.0 Å². The van der Waals surface area contributed by atoms with Gasteiger partial charge in [0.1, 0.15) is 11.9 Å². The van der Waals surface area contributed by atoms with Gasteiger partial charge >= 0.3 is 6.03 Å². The lowest BCUT2D eigenvalue weighted by Crippen LogP contribution is -2.43. The minimum absolute atomic E-state index is 0.0587. The minimum atomic E-state index is -0.500. The van der Waals surface area contributed by atoms with Crippen molar-refractivity contribution in [2.24, 2.45) is 0 Å². The van der Waals surface area contributed by atoms with Crippen LogP contribution in [0.3, 0.4) is 0 Å². The molecule has 0 aliphatic carbocycles. The third-order valence-electron chi connectivity index (χ3n) is 4.10. The minimum Gasteiger partial charge on any atom is -0.336 e. The molecule has 1 saturated heterocycles. The van der Waals surface area contributed by atoms with Crippen molar-refractivity contribution in [3.63, 3.8) is 0 Å². The monoisotopic (exact) mass is 339 g/mol. The van der Waals surface area contributed by atoms with Crippen LogP contribution in [-0.2, 0) is 17.8 Å². The number of amides is 3. The molecule has 25 heavy (non-hydrogen) atoms. The molecule has 1 aromatic carbocycles. The molecule has 1 aromatic heterocycles. The third kappa shape index (κ3) is 4.32. The predicted molar refractivity (Wildman–Crippen MR) is 93.8 cm³/mol. The van der Waals surface area contributed by atoms with Gasteiger partial charge in [0.05, 0.1) is 18.1 Å². The normalized spacial score (nSPS) is 16.8. The molecule has 7 heteroatoms. The molecular weight excluding hydrogens is 318 g/mol. The van der Waals surface area contributed by atoms with Crippen molar-refractivity contribution in [2.75, 3.05) is 11.9 Å². The molecule has 3 amide bonds. The lowest BCUT2D eigenvalue weighted by Gasteiger charge is -2.17. The highest BCUT2D eigenvalue weighted by atomic mass is 16.2. The van der Waals surface area contributed by atoms with E-state index in [9.17, 15) is 9.59 Å². The number of rotatable bonds is 5. The molecule has 0 saturated carbocycles. The number of carbonyl (C=O) groups is 2. The molecule has 1 atom stereocenters. The largest absolute Gasteiger partial charge is 0.336 e. The Morgan fingerprint density at radius 3 is 2.64 bits per heavy atom. The van der Waals surface area contributed by atoms with E-state index < -0.39 is 12.1 Å². The Balaban J connectivity index is 1.52. The van der Waals surface area contributed by atoms with E-state index in [2.05, 4.69) is 20.6 Å². The van der Waals surface area contributed by atoms with Crippen molar-refractivity contribution in [1.82, 2.24) is 20.2 Å². The summed E-state index contributed by atoms with van der Waals surface area (Å²) >= 11 is 0. The number of benzene rings is 1. The van der Waals surface area contributed by atoms with Crippen LogP contribution in [-0.4, -0.2) is 39.4 Å². The van der Waals surface area contributed by atoms with Gasteiger partial charge in [-0.2, -0.15) is 0 Å². The van der Waals surface area contributed by atoms with Crippen LogP contribution >= 0.6 is 0 Å². The molecule has 3 rings (SSSR count). The Morgan fingerprint density at radius 2 is 1.96 bits per heavy atom. The molecule has 0 unspecified atom stereocenters. The molecule has 1 aliphatic rings. The average molecular weight is 339 g/mol. The van der Waals surface area contributed by atoms with E-state index in [-0.39, 0.29) is 5.91 Å². The van der Waals surface area contributed by atoms with E-state index in [1.165, 1.54) is 0 Å². The maximum Gasteiger partial charge on any atom is 0.319 e. The smallest absolute Gasteiger partial charge is 0.319 e. The topological polar surface area (TPSA) is 87.2 Å². The Hall–Kier alpha value is -2.96. The van der Waals surface area contributed by atoms with Gasteiger partial charge in [0.15, 0.2) is 0 Å². The zero-order valence-electron chi connectivity index (χ0n) is 14.1. The van der Waals surface area contributed by atoms with Gasteiger partial charge in [0, 0.05) is 19.5 Å². The van der Waals surface area contributed by atoms with Crippen molar-refractivity contribution >= 4 is 17.6 Å². The molecule has 7 nitrogen and oxygen atoms in total. The van der Waals surface area contributed by atoms with Crippen molar-refractivity contribution in [2.45, 2.75) is 32.4 Å². The van der Waals surface area contributed by atoms with Gasteiger partial charge in [-0.1, -0.05) is 37.3 Å². The summed E-state index contributed by atoms with van der Waals surface area (Å²) in [5, 5.41) is 5.38. The average Bonchev–Trinajstić information content (AvgIpc) is 2.96. The zero-order chi connectivity index (χ0) is 17.6. The maximum atomic E-state index is 12.4. The van der Waals surface area contributed by atoms with Gasteiger partial charge in [0.2, 0.25) is 5.91 Å². The molecule has 0 bridgehead atoms. The van der Waals surface area contributed by atoms with Crippen molar-refractivity contribution in [1.29, 1.82) is 0 Å². The number of carbonyl (C=O) groups excluding carboxylic acids is 2. The van der Waals surface area contributed by atoms with Gasteiger partial charge in [-0.3, -0.25) is 4.79 Å². The molecule has 2 aromatic rings. The number of urea groups is 1. The Labute approximate surface area is 146 Å². The summed E-state index contributed by atoms with van der Waals surface area (Å²) in [6.07, 6.45) is 4.46. The molecule has 1 fully saturated rings. The van der Waals surface area contributed by atoms with Crippen LogP contribution in [0.15, 0.2) is 42.7 Å². The lowest BCUT2D eigenvalue weighted by atomic mass is 10.2. The first-order valence-corrected chi connectivity index (χ1v) is 8.37. The maximum absolute atomic E-state index is 12.4. The summed E-state index contributed by atoms with van der Waals surface area (Å²) < 4.78 is 0. The van der Waals surface area contributed by atoms with Gasteiger partial charge in [-0.25, -0.2) is 14.8 Å². The van der Waals surface area contributed by atoms with Gasteiger partial charge in [0.25, 0.3) is 0 Å². The number of hydrogen-bond donors (Lipinski definition) is 2. The van der Waals surface area contributed by atoms with Crippen molar-refractivity contribution < 1.29 is 9.59 Å². The number of nitrogens with zero attached hydrogens (tertiary/aromatic N) is 3. The molecule has 0 radical (unpaired) electrons. The summed E-state index contributed by atoms with van der Waals surface area (Å²) in [4.78, 5) is 34.5. The van der Waals surface area contributed by atoms with E-state index in [1.807, 2.05) is 37.3 Å². The van der Waals surface area contributed by atoms with Crippen LogP contribution in [0, 0.1) is 0 Å². The molecular formula is C18H21N5O2. The highest BCUT2D eigenvalue weighted by Crippen LogP contribution is 2.15. The first kappa shape index (κ1) is 16.9. The Morgan fingerprint density at radius 1 is 1.24 bits per heavy atom. The second-order valence-corrected chi connectivity index (χ2v) is 5.93. The van der Waals surface area contributed by atoms with Gasteiger partial charge in [-0.05, 0) is 12.0 Å². The fraction of sp³-hybridized carbons (Fsp3) is 0.333. The summed E-state index contributed by atoms with van der Waals surface area (Å²) in [6.45, 7) is 3.15. The van der Waals surface area contributed by atoms with Crippen LogP contribution in [0.4, 0.5) is 10.5 Å². The summed E-state index contributed by atoms with van der Waals surface area (Å²) in [7, 11) is 0. The summed E-state index contributed by atoms with van der Waals surface area (Å²) in [6, 6.07) is 8.89. The van der Waals surface area contributed by atoms with E-state index >= 15 is 0 Å². The number of aryl methyl sites for hydroxylation is 1.